The van der Waals surface area contributed by atoms with E-state index in [1.807, 2.05) is 18.0 Å². The Morgan fingerprint density at radius 3 is 2.90 bits per heavy atom. The average molecular weight is 414 g/mol. The normalized spacial score (nSPS) is 20.0. The number of aryl methyl sites for hydroxylation is 1. The maximum atomic E-state index is 13.1. The number of imidazole rings is 1. The van der Waals surface area contributed by atoms with E-state index in [0.717, 1.165) is 61.5 Å². The van der Waals surface area contributed by atoms with Crippen molar-refractivity contribution in [2.24, 2.45) is 0 Å². The van der Waals surface area contributed by atoms with Gasteiger partial charge in [-0.3, -0.25) is 4.79 Å². The first-order valence-corrected chi connectivity index (χ1v) is 10.5. The van der Waals surface area contributed by atoms with Crippen LogP contribution in [-0.2, 0) is 17.7 Å². The van der Waals surface area contributed by atoms with Crippen LogP contribution in [-0.4, -0.2) is 64.0 Å². The van der Waals surface area contributed by atoms with Gasteiger partial charge in [-0.05, 0) is 19.8 Å². The number of amides is 1. The second kappa shape index (κ2) is 7.64. The van der Waals surface area contributed by atoms with Crippen LogP contribution in [0.2, 0.25) is 0 Å². The molecular weight excluding hydrogens is 392 g/mol. The highest BCUT2D eigenvalue weighted by Crippen LogP contribution is 2.32. The van der Waals surface area contributed by atoms with Crippen molar-refractivity contribution in [3.63, 3.8) is 0 Å². The number of fused-ring (bicyclic) bond motifs is 1. The summed E-state index contributed by atoms with van der Waals surface area (Å²) < 4.78 is 16.1. The molecule has 1 fully saturated rings. The minimum Gasteiger partial charge on any atom is -0.381 e. The fourth-order valence-corrected chi connectivity index (χ4v) is 4.73. The Bertz CT molecular complexity index is 992. The van der Waals surface area contributed by atoms with Crippen molar-refractivity contribution in [1.29, 1.82) is 0 Å². The molecule has 1 N–H and O–H groups in total. The van der Waals surface area contributed by atoms with E-state index in [0.29, 0.717) is 30.4 Å². The number of hydrogen-bond donors (Lipinski definition) is 1. The molecule has 0 spiro atoms. The number of carbonyl (C=O) groups is 1. The van der Waals surface area contributed by atoms with Crippen LogP contribution < -0.4 is 0 Å². The van der Waals surface area contributed by atoms with Crippen LogP contribution in [0.1, 0.15) is 58.3 Å². The van der Waals surface area contributed by atoms with Crippen LogP contribution in [0.5, 0.6) is 0 Å². The maximum Gasteiger partial charge on any atom is 0.276 e. The van der Waals surface area contributed by atoms with Crippen LogP contribution in [0.25, 0.3) is 0 Å². The summed E-state index contributed by atoms with van der Waals surface area (Å²) in [7, 11) is 0. The summed E-state index contributed by atoms with van der Waals surface area (Å²) in [4.78, 5) is 22.2. The van der Waals surface area contributed by atoms with E-state index >= 15 is 0 Å². The summed E-state index contributed by atoms with van der Waals surface area (Å²) in [5, 5.41) is 9.01. The first-order valence-electron chi connectivity index (χ1n) is 9.78. The van der Waals surface area contributed by atoms with E-state index in [1.54, 1.807) is 6.33 Å². The zero-order valence-electron chi connectivity index (χ0n) is 16.1. The summed E-state index contributed by atoms with van der Waals surface area (Å²) in [5.41, 5.74) is 2.11. The van der Waals surface area contributed by atoms with Gasteiger partial charge in [-0.25, -0.2) is 4.98 Å². The third-order valence-corrected chi connectivity index (χ3v) is 6.28. The van der Waals surface area contributed by atoms with Gasteiger partial charge in [-0.1, -0.05) is 0 Å². The maximum absolute atomic E-state index is 13.1. The van der Waals surface area contributed by atoms with E-state index in [4.69, 9.17) is 4.74 Å². The molecule has 1 saturated heterocycles. The van der Waals surface area contributed by atoms with Crippen LogP contribution in [0.4, 0.5) is 0 Å². The lowest BCUT2D eigenvalue weighted by atomic mass is 9.98. The largest absolute Gasteiger partial charge is 0.381 e. The highest BCUT2D eigenvalue weighted by molar-refractivity contribution is 6.99. The van der Waals surface area contributed by atoms with E-state index in [1.165, 1.54) is 0 Å². The molecule has 3 aromatic heterocycles. The summed E-state index contributed by atoms with van der Waals surface area (Å²) >= 11 is 1.07. The third kappa shape index (κ3) is 3.44. The molecule has 0 aliphatic carbocycles. The number of aromatic amines is 1. The minimum atomic E-state index is -0.104. The lowest BCUT2D eigenvalue weighted by Crippen LogP contribution is -2.43. The lowest BCUT2D eigenvalue weighted by molar-refractivity contribution is 0.0654. The van der Waals surface area contributed by atoms with E-state index < -0.39 is 0 Å². The predicted octanol–water partition coefficient (Wildman–Crippen LogP) is 1.49. The molecule has 1 amide bonds. The fourth-order valence-electron chi connectivity index (χ4n) is 4.18. The molecule has 5 heterocycles. The summed E-state index contributed by atoms with van der Waals surface area (Å²) in [5.74, 6) is 2.05. The van der Waals surface area contributed by atoms with Crippen LogP contribution in [0.15, 0.2) is 12.5 Å². The second-order valence-corrected chi connectivity index (χ2v) is 8.08. The molecule has 5 rings (SSSR count). The summed E-state index contributed by atoms with van der Waals surface area (Å²) in [6.07, 6.45) is 6.12. The first-order chi connectivity index (χ1) is 14.2. The molecule has 0 bridgehead atoms. The average Bonchev–Trinajstić information content (AvgIpc) is 3.49. The van der Waals surface area contributed by atoms with Gasteiger partial charge in [0.25, 0.3) is 5.91 Å². The molecule has 0 saturated carbocycles. The van der Waals surface area contributed by atoms with Crippen molar-refractivity contribution < 1.29 is 9.53 Å². The molecule has 1 atom stereocenters. The first kappa shape index (κ1) is 18.4. The number of nitrogens with zero attached hydrogens (tertiary/aromatic N) is 7. The third-order valence-electron chi connectivity index (χ3n) is 5.66. The van der Waals surface area contributed by atoms with E-state index in [9.17, 15) is 4.79 Å². The number of ether oxygens (including phenoxy) is 1. The SMILES string of the molecule is Cc1nsnc1C(=O)N1Cc2nnc(C3CCOCC3)n2C(Cc2cnc[nH]2)C1. The molecule has 3 aromatic rings. The van der Waals surface area contributed by atoms with Gasteiger partial charge < -0.3 is 19.2 Å². The molecule has 11 heteroatoms. The molecule has 2 aliphatic rings. The number of rotatable bonds is 4. The van der Waals surface area contributed by atoms with Crippen LogP contribution in [0.3, 0.4) is 0 Å². The van der Waals surface area contributed by atoms with Crippen LogP contribution in [0, 0.1) is 6.92 Å². The lowest BCUT2D eigenvalue weighted by Gasteiger charge is -2.35. The number of carbonyl (C=O) groups excluding carboxylic acids is 1. The van der Waals surface area contributed by atoms with E-state index in [-0.39, 0.29) is 11.9 Å². The van der Waals surface area contributed by atoms with Crippen molar-refractivity contribution in [2.75, 3.05) is 19.8 Å². The molecule has 0 aromatic carbocycles. The number of nitrogens with one attached hydrogen (secondary N) is 1. The molecule has 2 aliphatic heterocycles. The van der Waals surface area contributed by atoms with Gasteiger partial charge in [0.05, 0.1) is 36.3 Å². The molecule has 0 radical (unpaired) electrons. The van der Waals surface area contributed by atoms with Gasteiger partial charge in [0, 0.05) is 44.0 Å². The Morgan fingerprint density at radius 1 is 1.31 bits per heavy atom. The van der Waals surface area contributed by atoms with Gasteiger partial charge in [-0.2, -0.15) is 8.75 Å². The van der Waals surface area contributed by atoms with Crippen molar-refractivity contribution in [3.8, 4) is 0 Å². The highest BCUT2D eigenvalue weighted by atomic mass is 32.1. The van der Waals surface area contributed by atoms with Gasteiger partial charge in [0.1, 0.15) is 5.82 Å². The fraction of sp³-hybridized carbons (Fsp3) is 0.556. The highest BCUT2D eigenvalue weighted by Gasteiger charge is 2.35. The molecular formula is C18H22N8O2S. The Kier molecular flexibility index (Phi) is 4.84. The number of H-pyrrole nitrogens is 1. The monoisotopic (exact) mass is 414 g/mol. The topological polar surface area (TPSA) is 115 Å². The van der Waals surface area contributed by atoms with Gasteiger partial charge >= 0.3 is 0 Å². The Hall–Kier alpha value is -2.66. The van der Waals surface area contributed by atoms with E-state index in [2.05, 4.69) is 33.5 Å². The van der Waals surface area contributed by atoms with Crippen molar-refractivity contribution >= 4 is 17.6 Å². The Morgan fingerprint density at radius 2 is 2.17 bits per heavy atom. The predicted molar refractivity (Wildman–Crippen MR) is 104 cm³/mol. The van der Waals surface area contributed by atoms with Crippen LogP contribution >= 0.6 is 11.7 Å². The zero-order valence-corrected chi connectivity index (χ0v) is 16.9. The van der Waals surface area contributed by atoms with Crippen molar-refractivity contribution in [2.45, 2.75) is 44.7 Å². The second-order valence-electron chi connectivity index (χ2n) is 7.55. The van der Waals surface area contributed by atoms with Gasteiger partial charge in [-0.15, -0.1) is 10.2 Å². The standard InChI is InChI=1S/C18H22N8O2S/c1-11-16(24-29-23-11)18(27)25-8-14(6-13-7-19-10-20-13)26-15(9-25)21-22-17(26)12-2-4-28-5-3-12/h7,10,12,14H,2-6,8-9H2,1H3,(H,19,20). The molecule has 10 nitrogen and oxygen atoms in total. The Labute approximate surface area is 171 Å². The number of hydrogen-bond acceptors (Lipinski definition) is 8. The van der Waals surface area contributed by atoms with Gasteiger partial charge in [0.2, 0.25) is 0 Å². The molecule has 29 heavy (non-hydrogen) atoms. The zero-order chi connectivity index (χ0) is 19.8. The van der Waals surface area contributed by atoms with Crippen molar-refractivity contribution in [1.82, 2.24) is 38.4 Å². The smallest absolute Gasteiger partial charge is 0.276 e. The minimum absolute atomic E-state index is 0.0305. The summed E-state index contributed by atoms with van der Waals surface area (Å²) in [6, 6.07) is 0.0305. The summed E-state index contributed by atoms with van der Waals surface area (Å²) in [6.45, 7) is 4.30. The molecule has 152 valence electrons. The molecule has 1 unspecified atom stereocenters. The van der Waals surface area contributed by atoms with Crippen molar-refractivity contribution in [3.05, 3.63) is 41.3 Å². The van der Waals surface area contributed by atoms with Gasteiger partial charge in [0.15, 0.2) is 11.5 Å². The quantitative estimate of drug-likeness (QED) is 0.688. The number of aromatic nitrogens is 7. The Balaban J connectivity index is 1.48.